The number of non-ortho nitro benzene ring substituents is 1. The van der Waals surface area contributed by atoms with Gasteiger partial charge in [-0.25, -0.2) is 4.79 Å². The molecule has 1 saturated carbocycles. The molecule has 3 aliphatic rings. The summed E-state index contributed by atoms with van der Waals surface area (Å²) in [6.07, 6.45) is 8.33. The Labute approximate surface area is 349 Å². The Morgan fingerprint density at radius 3 is 2.42 bits per heavy atom. The number of carbonyl (C=O) groups is 2. The molecule has 0 spiro atoms. The van der Waals surface area contributed by atoms with Crippen molar-refractivity contribution in [2.24, 2.45) is 22.9 Å². The molecule has 0 saturated heterocycles. The standard InChI is InChI=1S/C45H53N3O12/c1-5-22-57-45-41(47(2)44(52)56-4)26-38(46-58-28-29-12-14-32(15-13-29)48(53)54)36-24-30(10-6-8-20-49)35(11-7-9-21-50)42(43(36)45)37-25-34(17-19-40(37)60-45)59-33-16-18-39(55-3)31(23-33)27-51/h5,12-19,23-25,27,30,35,41-43,49-50H,1,6-11,20-22,26,28H2,2-4H3/t30-,35+,41-,42+,43+,45+/m0/s1. The number of aliphatic hydroxyl groups is 2. The number of rotatable bonds is 20. The summed E-state index contributed by atoms with van der Waals surface area (Å²) in [7, 11) is 4.43. The molecule has 0 unspecified atom stereocenters. The van der Waals surface area contributed by atoms with Crippen molar-refractivity contribution in [2.45, 2.75) is 69.3 Å². The van der Waals surface area contributed by atoms with E-state index in [9.17, 15) is 29.9 Å². The zero-order valence-corrected chi connectivity index (χ0v) is 34.2. The summed E-state index contributed by atoms with van der Waals surface area (Å²) >= 11 is 0. The van der Waals surface area contributed by atoms with Crippen LogP contribution in [0.2, 0.25) is 0 Å². The highest BCUT2D eigenvalue weighted by Crippen LogP contribution is 2.62. The van der Waals surface area contributed by atoms with Gasteiger partial charge in [-0.15, -0.1) is 6.58 Å². The summed E-state index contributed by atoms with van der Waals surface area (Å²) in [6.45, 7) is 4.16. The molecule has 1 fully saturated rings. The molecular weight excluding hydrogens is 775 g/mol. The van der Waals surface area contributed by atoms with E-state index in [1.165, 1.54) is 31.3 Å². The van der Waals surface area contributed by atoms with Crippen LogP contribution >= 0.6 is 0 Å². The van der Waals surface area contributed by atoms with Gasteiger partial charge < -0.3 is 43.6 Å². The number of allylic oxidation sites excluding steroid dienone is 1. The fourth-order valence-electron chi connectivity index (χ4n) is 8.97. The number of nitro benzene ring substituents is 1. The van der Waals surface area contributed by atoms with E-state index in [2.05, 4.69) is 12.7 Å². The number of aliphatic hydroxyl groups excluding tert-OH is 2. The highest BCUT2D eigenvalue weighted by Gasteiger charge is 2.65. The number of hydrogen-bond donors (Lipinski definition) is 2. The second-order valence-corrected chi connectivity index (χ2v) is 15.2. The van der Waals surface area contributed by atoms with Crippen molar-refractivity contribution in [1.82, 2.24) is 4.90 Å². The van der Waals surface area contributed by atoms with Crippen LogP contribution in [0.3, 0.4) is 0 Å². The molecule has 15 heteroatoms. The first kappa shape index (κ1) is 43.8. The minimum atomic E-state index is -1.47. The van der Waals surface area contributed by atoms with Gasteiger partial charge in [-0.05, 0) is 97.2 Å². The first-order valence-electron chi connectivity index (χ1n) is 20.2. The summed E-state index contributed by atoms with van der Waals surface area (Å²) in [5, 5.41) is 35.7. The van der Waals surface area contributed by atoms with Crippen LogP contribution in [0.4, 0.5) is 10.5 Å². The van der Waals surface area contributed by atoms with Gasteiger partial charge >= 0.3 is 6.09 Å². The number of methoxy groups -OCH3 is 2. The Kier molecular flexibility index (Phi) is 14.6. The fourth-order valence-corrected chi connectivity index (χ4v) is 8.97. The molecule has 1 heterocycles. The molecule has 0 aromatic heterocycles. The van der Waals surface area contributed by atoms with E-state index in [0.29, 0.717) is 59.0 Å². The Morgan fingerprint density at radius 2 is 1.75 bits per heavy atom. The second-order valence-electron chi connectivity index (χ2n) is 15.2. The lowest BCUT2D eigenvalue weighted by atomic mass is 9.55. The molecule has 0 radical (unpaired) electrons. The molecule has 3 aromatic carbocycles. The van der Waals surface area contributed by atoms with Crippen LogP contribution in [0.1, 0.15) is 72.3 Å². The summed E-state index contributed by atoms with van der Waals surface area (Å²) in [6, 6.07) is 15.8. The SMILES string of the molecule is C=CCO[C@@]12Oc3ccc(Oc4ccc(OC)c(C=O)c4)cc3[C@H]3[C@H](CCCCO)[C@@H](CCCCO)C=C(C(=NOCc4ccc([N+](=O)[O-])cc4)C[C@@H]1N(C)C(=O)OC)[C@H]32. The smallest absolute Gasteiger partial charge is 0.409 e. The molecule has 2 N–H and O–H groups in total. The van der Waals surface area contributed by atoms with Gasteiger partial charge in [0, 0.05) is 50.3 Å². The predicted octanol–water partition coefficient (Wildman–Crippen LogP) is 7.74. The number of amides is 1. The highest BCUT2D eigenvalue weighted by molar-refractivity contribution is 6.03. The maximum absolute atomic E-state index is 13.5. The van der Waals surface area contributed by atoms with Gasteiger partial charge in [0.25, 0.3) is 5.69 Å². The Hall–Kier alpha value is -5.77. The third-order valence-electron chi connectivity index (χ3n) is 11.7. The first-order valence-corrected chi connectivity index (χ1v) is 20.2. The number of carbonyl (C=O) groups excluding carboxylic acids is 2. The molecule has 2 aliphatic carbocycles. The van der Waals surface area contributed by atoms with Crippen LogP contribution in [-0.2, 0) is 20.9 Å². The van der Waals surface area contributed by atoms with Crippen LogP contribution in [0.15, 0.2) is 90.1 Å². The van der Waals surface area contributed by atoms with Crippen molar-refractivity contribution < 1.29 is 53.2 Å². The van der Waals surface area contributed by atoms with Gasteiger partial charge in [-0.1, -0.05) is 30.1 Å². The lowest BCUT2D eigenvalue weighted by Gasteiger charge is -2.59. The number of unbranched alkanes of at least 4 members (excludes halogenated alkanes) is 2. The Bertz CT molecular complexity index is 2070. The summed E-state index contributed by atoms with van der Waals surface area (Å²) in [5.74, 6) is -0.493. The molecule has 1 amide bonds. The number of hydrogen-bond acceptors (Lipinski definition) is 13. The Morgan fingerprint density at radius 1 is 1.03 bits per heavy atom. The number of likely N-dealkylation sites (N-methyl/N-ethyl adjacent to an activating group) is 1. The average molecular weight is 828 g/mol. The van der Waals surface area contributed by atoms with E-state index in [4.69, 9.17) is 33.7 Å². The van der Waals surface area contributed by atoms with E-state index in [-0.39, 0.29) is 56.3 Å². The maximum Gasteiger partial charge on any atom is 0.409 e. The van der Waals surface area contributed by atoms with E-state index in [1.54, 1.807) is 49.5 Å². The number of aldehydes is 1. The lowest BCUT2D eigenvalue weighted by Crippen LogP contribution is -2.69. The van der Waals surface area contributed by atoms with Crippen molar-refractivity contribution >= 4 is 23.8 Å². The van der Waals surface area contributed by atoms with Crippen molar-refractivity contribution in [3.8, 4) is 23.0 Å². The normalized spacial score (nSPS) is 23.2. The van der Waals surface area contributed by atoms with E-state index in [0.717, 1.165) is 36.8 Å². The monoisotopic (exact) mass is 827 g/mol. The van der Waals surface area contributed by atoms with Crippen LogP contribution in [0.5, 0.6) is 23.0 Å². The number of fused-ring (bicyclic) bond motifs is 2. The quantitative estimate of drug-likeness (QED) is 0.0371. The van der Waals surface area contributed by atoms with Crippen LogP contribution < -0.4 is 14.2 Å². The van der Waals surface area contributed by atoms with Gasteiger partial charge in [-0.2, -0.15) is 0 Å². The second kappa shape index (κ2) is 20.0. The number of oxime groups is 1. The third kappa shape index (κ3) is 9.18. The molecular formula is C45H53N3O12. The zero-order valence-electron chi connectivity index (χ0n) is 34.2. The fraction of sp³-hybridized carbons (Fsp3) is 0.444. The molecule has 1 aliphatic heterocycles. The zero-order chi connectivity index (χ0) is 42.8. The summed E-state index contributed by atoms with van der Waals surface area (Å²) in [5.41, 5.74) is 3.22. The summed E-state index contributed by atoms with van der Waals surface area (Å²) in [4.78, 5) is 43.6. The molecule has 6 rings (SSSR count). The minimum absolute atomic E-state index is 0.00869. The van der Waals surface area contributed by atoms with E-state index in [1.807, 2.05) is 12.1 Å². The topological polar surface area (TPSA) is 189 Å². The molecule has 0 bridgehead atoms. The van der Waals surface area contributed by atoms with Gasteiger partial charge in [0.05, 0.1) is 42.9 Å². The van der Waals surface area contributed by atoms with Crippen LogP contribution in [0, 0.1) is 27.9 Å². The van der Waals surface area contributed by atoms with Gasteiger partial charge in [0.2, 0.25) is 5.79 Å². The number of ether oxygens (including phenoxy) is 5. The number of benzene rings is 3. The van der Waals surface area contributed by atoms with Gasteiger partial charge in [-0.3, -0.25) is 14.9 Å². The van der Waals surface area contributed by atoms with E-state index < -0.39 is 28.8 Å². The lowest BCUT2D eigenvalue weighted by molar-refractivity contribution is -0.384. The molecule has 3 aromatic rings. The molecule has 15 nitrogen and oxygen atoms in total. The first-order chi connectivity index (χ1) is 29.1. The average Bonchev–Trinajstić information content (AvgIpc) is 3.26. The van der Waals surface area contributed by atoms with Crippen molar-refractivity contribution in [1.29, 1.82) is 0 Å². The highest BCUT2D eigenvalue weighted by atomic mass is 16.7. The van der Waals surface area contributed by atoms with Crippen molar-refractivity contribution in [3.63, 3.8) is 0 Å². The summed E-state index contributed by atoms with van der Waals surface area (Å²) < 4.78 is 30.9. The van der Waals surface area contributed by atoms with Gasteiger partial charge in [0.15, 0.2) is 6.29 Å². The largest absolute Gasteiger partial charge is 0.496 e. The van der Waals surface area contributed by atoms with Crippen molar-refractivity contribution in [2.75, 3.05) is 41.1 Å². The molecule has 60 heavy (non-hydrogen) atoms. The predicted molar refractivity (Wildman–Crippen MR) is 221 cm³/mol. The van der Waals surface area contributed by atoms with Crippen molar-refractivity contribution in [3.05, 3.63) is 112 Å². The van der Waals surface area contributed by atoms with Gasteiger partial charge in [0.1, 0.15) is 35.6 Å². The van der Waals surface area contributed by atoms with Crippen LogP contribution in [0.25, 0.3) is 0 Å². The third-order valence-corrected chi connectivity index (χ3v) is 11.7. The minimum Gasteiger partial charge on any atom is -0.496 e. The molecule has 6 atom stereocenters. The Balaban J connectivity index is 1.53. The maximum atomic E-state index is 13.5. The molecule has 320 valence electrons. The number of nitro groups is 1. The van der Waals surface area contributed by atoms with Crippen LogP contribution in [-0.4, -0.2) is 91.0 Å². The number of nitrogens with zero attached hydrogens (tertiary/aromatic N) is 3. The van der Waals surface area contributed by atoms with E-state index >= 15 is 0 Å².